The van der Waals surface area contributed by atoms with Gasteiger partial charge in [0.2, 0.25) is 0 Å². The number of ether oxygens (including phenoxy) is 1. The number of rotatable bonds is 6. The maximum Gasteiger partial charge on any atom is 0.0724 e. The van der Waals surface area contributed by atoms with E-state index in [9.17, 15) is 0 Å². The highest BCUT2D eigenvalue weighted by molar-refractivity contribution is 9.09. The summed E-state index contributed by atoms with van der Waals surface area (Å²) in [4.78, 5) is 0. The third-order valence-corrected chi connectivity index (χ3v) is 2.95. The molecule has 0 fully saturated rings. The fraction of sp³-hybridized carbons (Fsp3) is 0.538. The molecule has 84 valence electrons. The summed E-state index contributed by atoms with van der Waals surface area (Å²) in [6.07, 6.45) is 2.24. The molecule has 0 heterocycles. The molecule has 1 nitrogen and oxygen atoms in total. The SMILES string of the molecule is CC(C)(CCCBr)OCc1ccccc1. The molecule has 15 heavy (non-hydrogen) atoms. The molecule has 0 aromatic heterocycles. The van der Waals surface area contributed by atoms with E-state index in [0.717, 1.165) is 18.2 Å². The van der Waals surface area contributed by atoms with Crippen molar-refractivity contribution in [3.05, 3.63) is 35.9 Å². The minimum absolute atomic E-state index is 0.0242. The summed E-state index contributed by atoms with van der Waals surface area (Å²) in [5.74, 6) is 0. The van der Waals surface area contributed by atoms with E-state index in [2.05, 4.69) is 41.9 Å². The third kappa shape index (κ3) is 5.33. The fourth-order valence-electron chi connectivity index (χ4n) is 1.42. The molecule has 0 radical (unpaired) electrons. The number of hydrogen-bond donors (Lipinski definition) is 0. The van der Waals surface area contributed by atoms with Gasteiger partial charge in [-0.25, -0.2) is 0 Å². The molecule has 0 bridgehead atoms. The van der Waals surface area contributed by atoms with E-state index in [1.54, 1.807) is 0 Å². The van der Waals surface area contributed by atoms with Crippen molar-refractivity contribution < 1.29 is 4.74 Å². The molecule has 0 spiro atoms. The van der Waals surface area contributed by atoms with Crippen molar-refractivity contribution in [1.29, 1.82) is 0 Å². The van der Waals surface area contributed by atoms with E-state index >= 15 is 0 Å². The van der Waals surface area contributed by atoms with Crippen molar-refractivity contribution in [3.8, 4) is 0 Å². The quantitative estimate of drug-likeness (QED) is 0.706. The van der Waals surface area contributed by atoms with Crippen LogP contribution in [0.15, 0.2) is 30.3 Å². The molecule has 0 aliphatic heterocycles. The summed E-state index contributed by atoms with van der Waals surface area (Å²) in [6.45, 7) is 5.01. The van der Waals surface area contributed by atoms with Gasteiger partial charge in [0.15, 0.2) is 0 Å². The molecule has 0 amide bonds. The number of alkyl halides is 1. The highest BCUT2D eigenvalue weighted by Crippen LogP contribution is 2.19. The normalized spacial score (nSPS) is 11.7. The highest BCUT2D eigenvalue weighted by Gasteiger charge is 2.17. The lowest BCUT2D eigenvalue weighted by atomic mass is 10.0. The zero-order valence-corrected chi connectivity index (χ0v) is 11.1. The molecule has 0 aliphatic carbocycles. The Hall–Kier alpha value is -0.340. The van der Waals surface area contributed by atoms with Gasteiger partial charge in [-0.2, -0.15) is 0 Å². The van der Waals surface area contributed by atoms with Crippen molar-refractivity contribution in [1.82, 2.24) is 0 Å². The van der Waals surface area contributed by atoms with Crippen molar-refractivity contribution >= 4 is 15.9 Å². The fourth-order valence-corrected chi connectivity index (χ4v) is 1.70. The Morgan fingerprint density at radius 2 is 1.87 bits per heavy atom. The molecular formula is C13H19BrO. The van der Waals surface area contributed by atoms with Gasteiger partial charge in [0.25, 0.3) is 0 Å². The second-order valence-electron chi connectivity index (χ2n) is 4.33. The number of halogens is 1. The summed E-state index contributed by atoms with van der Waals surface area (Å²) < 4.78 is 5.90. The topological polar surface area (TPSA) is 9.23 Å². The molecule has 1 aromatic carbocycles. The van der Waals surface area contributed by atoms with Gasteiger partial charge in [0, 0.05) is 5.33 Å². The Morgan fingerprint density at radius 3 is 2.47 bits per heavy atom. The van der Waals surface area contributed by atoms with Gasteiger partial charge in [0.05, 0.1) is 12.2 Å². The Labute approximate surface area is 101 Å². The first-order valence-electron chi connectivity index (χ1n) is 5.38. The average molecular weight is 271 g/mol. The lowest BCUT2D eigenvalue weighted by molar-refractivity contribution is -0.0351. The van der Waals surface area contributed by atoms with Gasteiger partial charge < -0.3 is 4.74 Å². The predicted molar refractivity (Wildman–Crippen MR) is 68.3 cm³/mol. The van der Waals surface area contributed by atoms with Crippen LogP contribution in [0.3, 0.4) is 0 Å². The Bertz CT molecular complexity index is 269. The van der Waals surface area contributed by atoms with Crippen molar-refractivity contribution in [3.63, 3.8) is 0 Å². The maximum atomic E-state index is 5.90. The number of hydrogen-bond acceptors (Lipinski definition) is 1. The molecule has 1 aromatic rings. The molecule has 0 saturated heterocycles. The van der Waals surface area contributed by atoms with Crippen LogP contribution in [0.4, 0.5) is 0 Å². The molecular weight excluding hydrogens is 252 g/mol. The first-order valence-corrected chi connectivity index (χ1v) is 6.50. The van der Waals surface area contributed by atoms with Crippen LogP contribution in [0, 0.1) is 0 Å². The van der Waals surface area contributed by atoms with Crippen LogP contribution in [-0.2, 0) is 11.3 Å². The first kappa shape index (κ1) is 12.7. The molecule has 0 aliphatic rings. The largest absolute Gasteiger partial charge is 0.371 e. The Kier molecular flexibility index (Phi) is 5.34. The maximum absolute atomic E-state index is 5.90. The van der Waals surface area contributed by atoms with Crippen LogP contribution >= 0.6 is 15.9 Å². The zero-order valence-electron chi connectivity index (χ0n) is 9.50. The van der Waals surface area contributed by atoms with Crippen LogP contribution in [0.5, 0.6) is 0 Å². The van der Waals surface area contributed by atoms with Crippen molar-refractivity contribution in [2.45, 2.75) is 38.9 Å². The standard InChI is InChI=1S/C13H19BrO/c1-13(2,9-6-10-14)15-11-12-7-4-3-5-8-12/h3-5,7-8H,6,9-11H2,1-2H3. The second-order valence-corrected chi connectivity index (χ2v) is 5.12. The van der Waals surface area contributed by atoms with E-state index in [1.165, 1.54) is 5.56 Å². The van der Waals surface area contributed by atoms with Gasteiger partial charge in [-0.1, -0.05) is 46.3 Å². The van der Waals surface area contributed by atoms with Crippen LogP contribution in [0.1, 0.15) is 32.3 Å². The van der Waals surface area contributed by atoms with Gasteiger partial charge in [-0.15, -0.1) is 0 Å². The Morgan fingerprint density at radius 1 is 1.20 bits per heavy atom. The van der Waals surface area contributed by atoms with Gasteiger partial charge >= 0.3 is 0 Å². The van der Waals surface area contributed by atoms with E-state index < -0.39 is 0 Å². The summed E-state index contributed by atoms with van der Waals surface area (Å²) in [5, 5.41) is 1.05. The zero-order chi connectivity index (χ0) is 11.1. The van der Waals surface area contributed by atoms with Crippen LogP contribution < -0.4 is 0 Å². The Balaban J connectivity index is 2.35. The van der Waals surface area contributed by atoms with Crippen LogP contribution in [0.25, 0.3) is 0 Å². The van der Waals surface area contributed by atoms with E-state index in [4.69, 9.17) is 4.74 Å². The van der Waals surface area contributed by atoms with Crippen molar-refractivity contribution in [2.24, 2.45) is 0 Å². The van der Waals surface area contributed by atoms with Crippen LogP contribution in [0.2, 0.25) is 0 Å². The van der Waals surface area contributed by atoms with E-state index in [-0.39, 0.29) is 5.60 Å². The minimum atomic E-state index is -0.0242. The molecule has 0 saturated carbocycles. The molecule has 0 atom stereocenters. The lowest BCUT2D eigenvalue weighted by Gasteiger charge is -2.25. The predicted octanol–water partition coefficient (Wildman–Crippen LogP) is 4.16. The van der Waals surface area contributed by atoms with Crippen LogP contribution in [-0.4, -0.2) is 10.9 Å². The molecule has 1 rings (SSSR count). The minimum Gasteiger partial charge on any atom is -0.371 e. The lowest BCUT2D eigenvalue weighted by Crippen LogP contribution is -2.24. The summed E-state index contributed by atoms with van der Waals surface area (Å²) in [6, 6.07) is 10.3. The molecule has 2 heteroatoms. The summed E-state index contributed by atoms with van der Waals surface area (Å²) in [7, 11) is 0. The second kappa shape index (κ2) is 6.29. The first-order chi connectivity index (χ1) is 7.14. The average Bonchev–Trinajstić information content (AvgIpc) is 2.25. The van der Waals surface area contributed by atoms with E-state index in [1.807, 2.05) is 18.2 Å². The molecule has 0 N–H and O–H groups in total. The monoisotopic (exact) mass is 270 g/mol. The van der Waals surface area contributed by atoms with E-state index in [0.29, 0.717) is 6.61 Å². The summed E-state index contributed by atoms with van der Waals surface area (Å²) >= 11 is 3.44. The summed E-state index contributed by atoms with van der Waals surface area (Å²) in [5.41, 5.74) is 1.22. The number of benzene rings is 1. The van der Waals surface area contributed by atoms with Gasteiger partial charge in [-0.05, 0) is 32.3 Å². The highest BCUT2D eigenvalue weighted by atomic mass is 79.9. The third-order valence-electron chi connectivity index (χ3n) is 2.38. The van der Waals surface area contributed by atoms with Gasteiger partial charge in [0.1, 0.15) is 0 Å². The van der Waals surface area contributed by atoms with Crippen molar-refractivity contribution in [2.75, 3.05) is 5.33 Å². The van der Waals surface area contributed by atoms with Gasteiger partial charge in [-0.3, -0.25) is 0 Å². The smallest absolute Gasteiger partial charge is 0.0724 e. The molecule has 0 unspecified atom stereocenters.